The number of aliphatic hydroxyl groups is 7. The van der Waals surface area contributed by atoms with E-state index in [0.29, 0.717) is 0 Å². The number of carbonyl (C=O) groups excluding carboxylic acids is 1. The fourth-order valence-corrected chi connectivity index (χ4v) is 2.98. The average Bonchev–Trinajstić information content (AvgIpc) is 2.60. The number of nitrogens with one attached hydrogen (secondary N) is 1. The normalized spacial score (nSPS) is 46.8. The Morgan fingerprint density at radius 3 is 2.08 bits per heavy atom. The van der Waals surface area contributed by atoms with Crippen molar-refractivity contribution < 1.29 is 54.8 Å². The van der Waals surface area contributed by atoms with Gasteiger partial charge in [0.15, 0.2) is 12.6 Å². The first-order valence-electron chi connectivity index (χ1n) is 8.06. The van der Waals surface area contributed by atoms with E-state index in [-0.39, 0.29) is 0 Å². The molecule has 1 amide bonds. The second kappa shape index (κ2) is 8.84. The Balaban J connectivity index is 2.22. The van der Waals surface area contributed by atoms with Crippen LogP contribution in [0.2, 0.25) is 0 Å². The molecule has 2 rings (SSSR count). The van der Waals surface area contributed by atoms with Gasteiger partial charge in [-0.1, -0.05) is 0 Å². The summed E-state index contributed by atoms with van der Waals surface area (Å²) >= 11 is 0. The van der Waals surface area contributed by atoms with Crippen molar-refractivity contribution >= 4 is 5.91 Å². The molecule has 12 heteroatoms. The topological polar surface area (TPSA) is 198 Å². The summed E-state index contributed by atoms with van der Waals surface area (Å²) in [6.45, 7) is -0.194. The lowest BCUT2D eigenvalue weighted by molar-refractivity contribution is -0.341. The van der Waals surface area contributed by atoms with Gasteiger partial charge in [0.1, 0.15) is 48.8 Å². The van der Waals surface area contributed by atoms with Crippen LogP contribution in [-0.2, 0) is 19.0 Å². The second-order valence-corrected chi connectivity index (χ2v) is 6.26. The van der Waals surface area contributed by atoms with Crippen molar-refractivity contribution in [2.75, 3.05) is 13.2 Å². The molecule has 8 N–H and O–H groups in total. The van der Waals surface area contributed by atoms with Gasteiger partial charge < -0.3 is 55.3 Å². The molecule has 2 fully saturated rings. The molecule has 2 aliphatic rings. The molecule has 12 nitrogen and oxygen atoms in total. The summed E-state index contributed by atoms with van der Waals surface area (Å²) < 4.78 is 15.8. The summed E-state index contributed by atoms with van der Waals surface area (Å²) in [7, 11) is 0. The SMILES string of the molecule is CC(=O)NC1C(O)[C@@H](O)C(CO)O[C@H]1O[C@H]1C(CO)O[C@@H](O)C(O)C1O. The summed E-state index contributed by atoms with van der Waals surface area (Å²) in [5.41, 5.74) is 0. The molecule has 0 aromatic rings. The Hall–Kier alpha value is -0.930. The molecule has 6 unspecified atom stereocenters. The molecule has 0 spiro atoms. The van der Waals surface area contributed by atoms with Gasteiger partial charge in [0.05, 0.1) is 13.2 Å². The lowest BCUT2D eigenvalue weighted by Gasteiger charge is -2.46. The molecule has 0 aromatic carbocycles. The molecule has 152 valence electrons. The third kappa shape index (κ3) is 4.31. The highest BCUT2D eigenvalue weighted by Gasteiger charge is 2.50. The number of hydrogen-bond donors (Lipinski definition) is 8. The van der Waals surface area contributed by atoms with Gasteiger partial charge in [-0.05, 0) is 0 Å². The number of hydrogen-bond acceptors (Lipinski definition) is 11. The quantitative estimate of drug-likeness (QED) is 0.226. The average molecular weight is 383 g/mol. The molecule has 0 radical (unpaired) electrons. The first-order valence-corrected chi connectivity index (χ1v) is 8.06. The van der Waals surface area contributed by atoms with Crippen LogP contribution in [0.3, 0.4) is 0 Å². The van der Waals surface area contributed by atoms with Crippen molar-refractivity contribution in [3.05, 3.63) is 0 Å². The Bertz CT molecular complexity index is 478. The van der Waals surface area contributed by atoms with E-state index in [1.807, 2.05) is 0 Å². The second-order valence-electron chi connectivity index (χ2n) is 6.26. The maximum atomic E-state index is 11.4. The molecule has 0 bridgehead atoms. The van der Waals surface area contributed by atoms with Crippen LogP contribution in [0, 0.1) is 0 Å². The van der Waals surface area contributed by atoms with E-state index in [0.717, 1.165) is 6.92 Å². The Kier molecular flexibility index (Phi) is 7.27. The van der Waals surface area contributed by atoms with Crippen molar-refractivity contribution in [2.24, 2.45) is 0 Å². The third-order valence-electron chi connectivity index (χ3n) is 4.38. The standard InChI is InChI=1S/C14H25NO11/c1-4(18)15-7-9(20)8(19)5(2-16)25-14(7)26-12-6(3-17)24-13(23)11(22)10(12)21/h5-14,16-17,19-23H,2-3H2,1H3,(H,15,18)/t5?,6?,7?,8-,9?,10?,11?,12-,13+,14-/m0/s1. The van der Waals surface area contributed by atoms with Crippen molar-refractivity contribution in [1.82, 2.24) is 5.32 Å². The van der Waals surface area contributed by atoms with E-state index in [1.165, 1.54) is 0 Å². The van der Waals surface area contributed by atoms with Crippen LogP contribution >= 0.6 is 0 Å². The zero-order valence-electron chi connectivity index (χ0n) is 14.0. The van der Waals surface area contributed by atoms with E-state index >= 15 is 0 Å². The monoisotopic (exact) mass is 383 g/mol. The number of ether oxygens (including phenoxy) is 3. The van der Waals surface area contributed by atoms with Crippen LogP contribution in [0.15, 0.2) is 0 Å². The van der Waals surface area contributed by atoms with E-state index in [1.54, 1.807) is 0 Å². The van der Waals surface area contributed by atoms with Gasteiger partial charge in [-0.25, -0.2) is 0 Å². The molecule has 2 saturated heterocycles. The molecule has 26 heavy (non-hydrogen) atoms. The van der Waals surface area contributed by atoms with Gasteiger partial charge in [-0.15, -0.1) is 0 Å². The van der Waals surface area contributed by atoms with Gasteiger partial charge in [-0.2, -0.15) is 0 Å². The number of rotatable bonds is 5. The summed E-state index contributed by atoms with van der Waals surface area (Å²) in [6.07, 6.45) is -13.6. The van der Waals surface area contributed by atoms with E-state index in [9.17, 15) is 40.5 Å². The van der Waals surface area contributed by atoms with Crippen molar-refractivity contribution in [1.29, 1.82) is 0 Å². The third-order valence-corrected chi connectivity index (χ3v) is 4.38. The van der Waals surface area contributed by atoms with Crippen LogP contribution in [0.5, 0.6) is 0 Å². The van der Waals surface area contributed by atoms with Crippen LogP contribution < -0.4 is 5.32 Å². The smallest absolute Gasteiger partial charge is 0.217 e. The summed E-state index contributed by atoms with van der Waals surface area (Å²) in [4.78, 5) is 11.4. The summed E-state index contributed by atoms with van der Waals surface area (Å²) in [6, 6.07) is -1.28. The number of carbonyl (C=O) groups is 1. The summed E-state index contributed by atoms with van der Waals surface area (Å²) in [5.74, 6) is -0.574. The lowest BCUT2D eigenvalue weighted by atomic mass is 9.95. The Labute approximate surface area is 148 Å². The first-order chi connectivity index (χ1) is 12.2. The van der Waals surface area contributed by atoms with Crippen molar-refractivity contribution in [2.45, 2.75) is 68.3 Å². The highest BCUT2D eigenvalue weighted by atomic mass is 16.7. The highest BCUT2D eigenvalue weighted by Crippen LogP contribution is 2.28. The molecule has 0 aliphatic carbocycles. The van der Waals surface area contributed by atoms with E-state index < -0.39 is 80.5 Å². The molecular weight excluding hydrogens is 358 g/mol. The number of aliphatic hydroxyl groups excluding tert-OH is 7. The van der Waals surface area contributed by atoms with Crippen LogP contribution in [0.4, 0.5) is 0 Å². The fraction of sp³-hybridized carbons (Fsp3) is 0.929. The Morgan fingerprint density at radius 2 is 1.54 bits per heavy atom. The highest BCUT2D eigenvalue weighted by molar-refractivity contribution is 5.73. The maximum absolute atomic E-state index is 11.4. The van der Waals surface area contributed by atoms with Crippen molar-refractivity contribution in [3.8, 4) is 0 Å². The molecule has 10 atom stereocenters. The maximum Gasteiger partial charge on any atom is 0.217 e. The van der Waals surface area contributed by atoms with Gasteiger partial charge in [0, 0.05) is 6.92 Å². The van der Waals surface area contributed by atoms with Crippen molar-refractivity contribution in [3.63, 3.8) is 0 Å². The van der Waals surface area contributed by atoms with Gasteiger partial charge in [0.2, 0.25) is 5.91 Å². The largest absolute Gasteiger partial charge is 0.394 e. The fourth-order valence-electron chi connectivity index (χ4n) is 2.98. The van der Waals surface area contributed by atoms with Crippen LogP contribution in [0.25, 0.3) is 0 Å². The van der Waals surface area contributed by atoms with Gasteiger partial charge in [-0.3, -0.25) is 4.79 Å². The van der Waals surface area contributed by atoms with Crippen LogP contribution in [0.1, 0.15) is 6.92 Å². The minimum atomic E-state index is -1.75. The molecule has 0 saturated carbocycles. The lowest BCUT2D eigenvalue weighted by Crippen LogP contribution is -2.67. The van der Waals surface area contributed by atoms with E-state index in [2.05, 4.69) is 5.32 Å². The van der Waals surface area contributed by atoms with Gasteiger partial charge >= 0.3 is 0 Å². The summed E-state index contributed by atoms with van der Waals surface area (Å²) in [5, 5.41) is 70.5. The molecular formula is C14H25NO11. The zero-order chi connectivity index (χ0) is 19.6. The predicted molar refractivity (Wildman–Crippen MR) is 80.2 cm³/mol. The first kappa shape index (κ1) is 21.4. The predicted octanol–water partition coefficient (Wildman–Crippen LogP) is -5.25. The van der Waals surface area contributed by atoms with Gasteiger partial charge in [0.25, 0.3) is 0 Å². The zero-order valence-corrected chi connectivity index (χ0v) is 14.0. The molecule has 2 aliphatic heterocycles. The molecule has 2 heterocycles. The minimum Gasteiger partial charge on any atom is -0.394 e. The molecule has 0 aromatic heterocycles. The number of amides is 1. The Morgan fingerprint density at radius 1 is 0.923 bits per heavy atom. The van der Waals surface area contributed by atoms with Crippen LogP contribution in [-0.4, -0.2) is 116 Å². The van der Waals surface area contributed by atoms with E-state index in [4.69, 9.17) is 14.2 Å². The minimum absolute atomic E-state index is 0.574.